The van der Waals surface area contributed by atoms with Crippen LogP contribution in [0.2, 0.25) is 0 Å². The molecule has 0 fully saturated rings. The maximum Gasteiger partial charge on any atom is 0.174 e. The highest BCUT2D eigenvalue weighted by Gasteiger charge is 2.36. The smallest absolute Gasteiger partial charge is 0.174 e. The lowest BCUT2D eigenvalue weighted by molar-refractivity contribution is 0.413. The topological polar surface area (TPSA) is 105 Å². The number of rotatable bonds is 4. The van der Waals surface area contributed by atoms with E-state index in [4.69, 9.17) is 9.72 Å². The lowest BCUT2D eigenvalue weighted by Gasteiger charge is -2.30. The van der Waals surface area contributed by atoms with E-state index in [-0.39, 0.29) is 5.82 Å². The average Bonchev–Trinajstić information content (AvgIpc) is 3.48. The second kappa shape index (κ2) is 7.58. The van der Waals surface area contributed by atoms with Gasteiger partial charge in [0.15, 0.2) is 11.6 Å². The summed E-state index contributed by atoms with van der Waals surface area (Å²) in [5.74, 6) is 1.54. The van der Waals surface area contributed by atoms with Crippen LogP contribution in [0.3, 0.4) is 0 Å². The van der Waals surface area contributed by atoms with Crippen molar-refractivity contribution in [3.8, 4) is 28.5 Å². The summed E-state index contributed by atoms with van der Waals surface area (Å²) in [6, 6.07) is 10.5. The van der Waals surface area contributed by atoms with Crippen molar-refractivity contribution in [3.63, 3.8) is 0 Å². The number of ether oxygens (including phenoxy) is 1. The van der Waals surface area contributed by atoms with E-state index in [1.807, 2.05) is 24.4 Å². The van der Waals surface area contributed by atoms with Crippen LogP contribution in [0.25, 0.3) is 33.7 Å². The van der Waals surface area contributed by atoms with Crippen molar-refractivity contribution in [2.75, 3.05) is 7.11 Å². The molecule has 1 atom stereocenters. The number of pyridine rings is 2. The molecule has 0 saturated heterocycles. The van der Waals surface area contributed by atoms with E-state index in [1.54, 1.807) is 37.8 Å². The van der Waals surface area contributed by atoms with Crippen LogP contribution in [-0.4, -0.2) is 43.5 Å². The number of hydrogen-bond donors (Lipinski definition) is 2. The summed E-state index contributed by atoms with van der Waals surface area (Å²) in [5.41, 5.74) is 4.20. The van der Waals surface area contributed by atoms with Crippen molar-refractivity contribution in [2.24, 2.45) is 4.99 Å². The SMILES string of the molecule is COc1cncc(-c2cc3c(-c4nc5c([nH]4)C(C)(c4cccc(F)c4)CC=N5)n[nH]c3cn2)c1. The van der Waals surface area contributed by atoms with Crippen LogP contribution < -0.4 is 4.74 Å². The molecule has 8 nitrogen and oxygen atoms in total. The van der Waals surface area contributed by atoms with Crippen LogP contribution in [-0.2, 0) is 5.41 Å². The summed E-state index contributed by atoms with van der Waals surface area (Å²) >= 11 is 0. The molecule has 9 heteroatoms. The summed E-state index contributed by atoms with van der Waals surface area (Å²) in [6.07, 6.45) is 7.58. The number of aromatic nitrogens is 6. The summed E-state index contributed by atoms with van der Waals surface area (Å²) in [6.45, 7) is 2.06. The van der Waals surface area contributed by atoms with Gasteiger partial charge in [0, 0.05) is 28.8 Å². The molecule has 4 aromatic heterocycles. The van der Waals surface area contributed by atoms with Crippen molar-refractivity contribution in [1.82, 2.24) is 30.1 Å². The molecule has 0 saturated carbocycles. The first kappa shape index (κ1) is 20.2. The fourth-order valence-electron chi connectivity index (χ4n) is 4.39. The second-order valence-corrected chi connectivity index (χ2v) is 8.44. The Morgan fingerprint density at radius 1 is 1.12 bits per heavy atom. The van der Waals surface area contributed by atoms with Gasteiger partial charge in [-0.25, -0.2) is 14.4 Å². The zero-order valence-electron chi connectivity index (χ0n) is 18.5. The average molecular weight is 453 g/mol. The molecule has 1 aliphatic heterocycles. The van der Waals surface area contributed by atoms with E-state index in [1.165, 1.54) is 6.07 Å². The van der Waals surface area contributed by atoms with Gasteiger partial charge >= 0.3 is 0 Å². The molecule has 0 spiro atoms. The molecule has 0 bridgehead atoms. The molecule has 1 unspecified atom stereocenters. The largest absolute Gasteiger partial charge is 0.495 e. The minimum absolute atomic E-state index is 0.270. The molecule has 2 N–H and O–H groups in total. The van der Waals surface area contributed by atoms with E-state index in [0.29, 0.717) is 29.5 Å². The molecule has 34 heavy (non-hydrogen) atoms. The van der Waals surface area contributed by atoms with E-state index in [0.717, 1.165) is 33.4 Å². The zero-order chi connectivity index (χ0) is 23.3. The molecule has 5 aromatic rings. The van der Waals surface area contributed by atoms with E-state index < -0.39 is 5.41 Å². The number of aromatic amines is 2. The molecular formula is C25H20FN7O. The number of benzene rings is 1. The van der Waals surface area contributed by atoms with Crippen LogP contribution in [0.4, 0.5) is 10.2 Å². The Balaban J connectivity index is 1.46. The maximum absolute atomic E-state index is 14.0. The van der Waals surface area contributed by atoms with Crippen LogP contribution in [0.15, 0.2) is 60.0 Å². The van der Waals surface area contributed by atoms with Crippen molar-refractivity contribution in [3.05, 3.63) is 72.1 Å². The monoisotopic (exact) mass is 453 g/mol. The first-order valence-electron chi connectivity index (χ1n) is 10.8. The van der Waals surface area contributed by atoms with E-state index in [2.05, 4.69) is 37.1 Å². The predicted molar refractivity (Wildman–Crippen MR) is 127 cm³/mol. The van der Waals surface area contributed by atoms with Crippen LogP contribution in [0, 0.1) is 5.82 Å². The lowest BCUT2D eigenvalue weighted by atomic mass is 9.76. The normalized spacial score (nSPS) is 17.1. The fraction of sp³-hybridized carbons (Fsp3) is 0.160. The first-order valence-corrected chi connectivity index (χ1v) is 10.8. The standard InChI is InChI=1S/C25H20FN7O/c1-25(15-4-3-5-16(26)9-15)6-7-28-24-22(25)30-23(31-24)21-18-10-19(29-13-20(18)32-33-21)14-8-17(34-2)12-27-11-14/h3-5,7-13H,6H2,1-2H3,(H,30,31)(H,32,33). The molecule has 1 aliphatic rings. The Labute approximate surface area is 194 Å². The number of nitrogens with zero attached hydrogens (tertiary/aromatic N) is 5. The molecule has 0 aliphatic carbocycles. The van der Waals surface area contributed by atoms with Gasteiger partial charge in [0.05, 0.1) is 36.4 Å². The number of nitrogens with one attached hydrogen (secondary N) is 2. The Morgan fingerprint density at radius 3 is 2.88 bits per heavy atom. The summed E-state index contributed by atoms with van der Waals surface area (Å²) < 4.78 is 19.3. The minimum Gasteiger partial charge on any atom is -0.495 e. The van der Waals surface area contributed by atoms with Gasteiger partial charge < -0.3 is 9.72 Å². The second-order valence-electron chi connectivity index (χ2n) is 8.44. The van der Waals surface area contributed by atoms with Crippen molar-refractivity contribution >= 4 is 22.9 Å². The number of imidazole rings is 1. The third-order valence-electron chi connectivity index (χ3n) is 6.33. The predicted octanol–water partition coefficient (Wildman–Crippen LogP) is 4.97. The Kier molecular flexibility index (Phi) is 4.51. The lowest BCUT2D eigenvalue weighted by Crippen LogP contribution is -2.27. The quantitative estimate of drug-likeness (QED) is 0.400. The van der Waals surface area contributed by atoms with E-state index in [9.17, 15) is 4.39 Å². The van der Waals surface area contributed by atoms with Gasteiger partial charge in [-0.05, 0) is 43.2 Å². The summed E-state index contributed by atoms with van der Waals surface area (Å²) in [5, 5.41) is 8.39. The van der Waals surface area contributed by atoms with Gasteiger partial charge in [0.2, 0.25) is 0 Å². The molecule has 0 amide bonds. The molecule has 0 radical (unpaired) electrons. The van der Waals surface area contributed by atoms with Gasteiger partial charge in [0.25, 0.3) is 0 Å². The van der Waals surface area contributed by atoms with Crippen LogP contribution >= 0.6 is 0 Å². The molecular weight excluding hydrogens is 433 g/mol. The van der Waals surface area contributed by atoms with Gasteiger partial charge in [-0.2, -0.15) is 5.10 Å². The minimum atomic E-state index is -0.491. The third kappa shape index (κ3) is 3.16. The molecule has 6 rings (SSSR count). The zero-order valence-corrected chi connectivity index (χ0v) is 18.5. The summed E-state index contributed by atoms with van der Waals surface area (Å²) in [7, 11) is 1.60. The van der Waals surface area contributed by atoms with Crippen LogP contribution in [0.5, 0.6) is 5.75 Å². The Morgan fingerprint density at radius 2 is 2.03 bits per heavy atom. The Hall–Kier alpha value is -4.40. The van der Waals surface area contributed by atoms with Gasteiger partial charge in [-0.3, -0.25) is 15.1 Å². The number of methoxy groups -OCH3 is 1. The number of H-pyrrole nitrogens is 2. The fourth-order valence-corrected chi connectivity index (χ4v) is 4.39. The number of aliphatic imine (C=N–C) groups is 1. The van der Waals surface area contributed by atoms with Gasteiger partial charge in [-0.15, -0.1) is 0 Å². The molecule has 1 aromatic carbocycles. The van der Waals surface area contributed by atoms with Crippen LogP contribution in [0.1, 0.15) is 24.6 Å². The van der Waals surface area contributed by atoms with Gasteiger partial charge in [0.1, 0.15) is 17.3 Å². The van der Waals surface area contributed by atoms with Gasteiger partial charge in [-0.1, -0.05) is 12.1 Å². The number of halogens is 1. The number of hydrogen-bond acceptors (Lipinski definition) is 6. The van der Waals surface area contributed by atoms with Crippen molar-refractivity contribution in [1.29, 1.82) is 0 Å². The number of fused-ring (bicyclic) bond motifs is 2. The van der Waals surface area contributed by atoms with E-state index >= 15 is 0 Å². The third-order valence-corrected chi connectivity index (χ3v) is 6.33. The molecule has 5 heterocycles. The molecule has 168 valence electrons. The van der Waals surface area contributed by atoms with Crippen molar-refractivity contribution < 1.29 is 9.13 Å². The highest BCUT2D eigenvalue weighted by Crippen LogP contribution is 2.43. The maximum atomic E-state index is 14.0. The summed E-state index contributed by atoms with van der Waals surface area (Å²) in [4.78, 5) is 21.4. The highest BCUT2D eigenvalue weighted by atomic mass is 19.1. The Bertz CT molecular complexity index is 1570. The first-order chi connectivity index (χ1) is 16.5. The van der Waals surface area contributed by atoms with Crippen molar-refractivity contribution in [2.45, 2.75) is 18.8 Å². The highest BCUT2D eigenvalue weighted by molar-refractivity contribution is 5.93.